The van der Waals surface area contributed by atoms with Crippen molar-refractivity contribution in [2.45, 2.75) is 62.2 Å². The molecule has 1 saturated heterocycles. The molecule has 3 atom stereocenters. The van der Waals surface area contributed by atoms with E-state index in [0.29, 0.717) is 17.9 Å². The molecule has 1 aliphatic carbocycles. The Morgan fingerprint density at radius 2 is 1.65 bits per heavy atom. The number of hydrogen-bond donors (Lipinski definition) is 2. The van der Waals surface area contributed by atoms with Crippen LogP contribution in [-0.4, -0.2) is 56.0 Å². The zero-order valence-corrected chi connectivity index (χ0v) is 26.5. The highest BCUT2D eigenvalue weighted by Gasteiger charge is 2.58. The Hall–Kier alpha value is -4.91. The van der Waals surface area contributed by atoms with Crippen LogP contribution in [-0.2, 0) is 17.9 Å². The van der Waals surface area contributed by atoms with Gasteiger partial charge < -0.3 is 25.2 Å². The van der Waals surface area contributed by atoms with Crippen LogP contribution in [0.1, 0.15) is 42.7 Å². The molecule has 49 heavy (non-hydrogen) atoms. The van der Waals surface area contributed by atoms with Crippen LogP contribution >= 0.6 is 0 Å². The summed E-state index contributed by atoms with van der Waals surface area (Å²) in [6.07, 6.45) is -0.859. The van der Waals surface area contributed by atoms with Crippen LogP contribution < -0.4 is 20.8 Å². The summed E-state index contributed by atoms with van der Waals surface area (Å²) in [6.45, 7) is -1.95. The fourth-order valence-corrected chi connectivity index (χ4v) is 6.51. The molecule has 4 aromatic rings. The van der Waals surface area contributed by atoms with Crippen molar-refractivity contribution in [2.75, 3.05) is 18.8 Å². The summed E-state index contributed by atoms with van der Waals surface area (Å²) in [5, 5.41) is 11.2. The van der Waals surface area contributed by atoms with Crippen molar-refractivity contribution in [3.05, 3.63) is 113 Å². The van der Waals surface area contributed by atoms with Crippen LogP contribution in [0.5, 0.6) is 17.4 Å². The maximum absolute atomic E-state index is 15.7. The highest BCUT2D eigenvalue weighted by atomic mass is 19.3. The Morgan fingerprint density at radius 3 is 2.37 bits per heavy atom. The number of nitrogens with zero attached hydrogens (tertiary/aromatic N) is 3. The van der Waals surface area contributed by atoms with Crippen LogP contribution in [0.25, 0.3) is 0 Å². The molecule has 258 valence electrons. The Bertz CT molecular complexity index is 1840. The SMILES string of the molecule is Nc1c(Oc2cccc(OCc3ccccc3)c2)ncn(C[C@]2(O)CCN(C(=O)[C@@H]3CCC(F)(F)C[C@H]3c3ccccc3)CC2(F)F)c1=O. The first kappa shape index (κ1) is 34.0. The molecule has 0 bridgehead atoms. The second-order valence-electron chi connectivity index (χ2n) is 12.7. The fraction of sp³-hybridized carbons (Fsp3) is 0.361. The molecule has 3 aromatic carbocycles. The molecule has 1 aliphatic heterocycles. The number of likely N-dealkylation sites (tertiary alicyclic amines) is 1. The molecule has 3 N–H and O–H groups in total. The van der Waals surface area contributed by atoms with Gasteiger partial charge in [0.15, 0.2) is 5.69 Å². The van der Waals surface area contributed by atoms with Crippen LogP contribution in [0.2, 0.25) is 0 Å². The van der Waals surface area contributed by atoms with E-state index in [1.54, 1.807) is 54.6 Å². The topological polar surface area (TPSA) is 120 Å². The monoisotopic (exact) mass is 680 g/mol. The Labute approximate surface area is 279 Å². The number of alkyl halides is 4. The van der Waals surface area contributed by atoms with Crippen molar-refractivity contribution in [2.24, 2.45) is 5.92 Å². The minimum atomic E-state index is -3.86. The van der Waals surface area contributed by atoms with Gasteiger partial charge in [0.05, 0.1) is 13.1 Å². The van der Waals surface area contributed by atoms with Crippen molar-refractivity contribution in [1.29, 1.82) is 0 Å². The predicted molar refractivity (Wildman–Crippen MR) is 173 cm³/mol. The summed E-state index contributed by atoms with van der Waals surface area (Å²) in [6, 6.07) is 24.5. The van der Waals surface area contributed by atoms with Gasteiger partial charge in [0, 0.05) is 43.7 Å². The molecule has 9 nitrogen and oxygen atoms in total. The van der Waals surface area contributed by atoms with Crippen LogP contribution in [0.15, 0.2) is 96.1 Å². The lowest BCUT2D eigenvalue weighted by atomic mass is 9.73. The number of ether oxygens (including phenoxy) is 2. The number of rotatable bonds is 9. The summed E-state index contributed by atoms with van der Waals surface area (Å²) < 4.78 is 72.5. The number of nitrogens with two attached hydrogens (primary N) is 1. The molecule has 13 heteroatoms. The molecule has 2 aliphatic rings. The number of carbonyl (C=O) groups excluding carboxylic acids is 1. The molecule has 0 radical (unpaired) electrons. The van der Waals surface area contributed by atoms with Crippen molar-refractivity contribution < 1.29 is 36.9 Å². The lowest BCUT2D eigenvalue weighted by Crippen LogP contribution is -2.64. The molecule has 2 heterocycles. The molecular formula is C36H36F4N4O5. The summed E-state index contributed by atoms with van der Waals surface area (Å²) in [5.41, 5.74) is 3.43. The maximum Gasteiger partial charge on any atom is 0.295 e. The standard InChI is InChI=1S/C36H36F4N4O5/c37-35(38)15-14-28(29(19-35)25-10-5-2-6-11-25)32(45)43-17-16-34(47,36(39,40)22-43)21-44-23-42-31(30(41)33(44)46)49-27-13-7-12-26(18-27)48-20-24-8-3-1-4-9-24/h1-13,18,23,28-29,47H,14-17,19-22,41H2/t28-,29+,34-/m1/s1. The number of amides is 1. The molecule has 0 unspecified atom stereocenters. The summed E-state index contributed by atoms with van der Waals surface area (Å²) in [7, 11) is 0. The third-order valence-corrected chi connectivity index (χ3v) is 9.28. The number of halogens is 4. The Kier molecular flexibility index (Phi) is 9.39. The lowest BCUT2D eigenvalue weighted by molar-refractivity contribution is -0.223. The second-order valence-corrected chi connectivity index (χ2v) is 12.7. The van der Waals surface area contributed by atoms with Crippen molar-refractivity contribution >= 4 is 11.6 Å². The third kappa shape index (κ3) is 7.41. The van der Waals surface area contributed by atoms with Gasteiger partial charge in [0.2, 0.25) is 17.7 Å². The highest BCUT2D eigenvalue weighted by Crippen LogP contribution is 2.47. The normalized spacial score (nSPS) is 23.1. The Morgan fingerprint density at radius 1 is 0.959 bits per heavy atom. The van der Waals surface area contributed by atoms with E-state index in [4.69, 9.17) is 15.2 Å². The lowest BCUT2D eigenvalue weighted by Gasteiger charge is -2.46. The van der Waals surface area contributed by atoms with Gasteiger partial charge in [-0.1, -0.05) is 66.7 Å². The van der Waals surface area contributed by atoms with E-state index in [1.807, 2.05) is 30.3 Å². The first-order valence-electron chi connectivity index (χ1n) is 16.0. The van der Waals surface area contributed by atoms with Crippen molar-refractivity contribution in [1.82, 2.24) is 14.5 Å². The van der Waals surface area contributed by atoms with E-state index in [9.17, 15) is 23.5 Å². The first-order valence-corrected chi connectivity index (χ1v) is 16.0. The number of benzene rings is 3. The van der Waals surface area contributed by atoms with E-state index in [2.05, 4.69) is 4.98 Å². The molecule has 1 aromatic heterocycles. The molecule has 1 amide bonds. The van der Waals surface area contributed by atoms with Gasteiger partial charge in [-0.05, 0) is 29.7 Å². The zero-order valence-electron chi connectivity index (χ0n) is 26.5. The smallest absolute Gasteiger partial charge is 0.295 e. The quantitative estimate of drug-likeness (QED) is 0.208. The van der Waals surface area contributed by atoms with Crippen LogP contribution in [0, 0.1) is 5.92 Å². The van der Waals surface area contributed by atoms with Gasteiger partial charge in [-0.25, -0.2) is 22.5 Å². The number of aliphatic hydroxyl groups is 1. The summed E-state index contributed by atoms with van der Waals surface area (Å²) in [4.78, 5) is 31.7. The summed E-state index contributed by atoms with van der Waals surface area (Å²) in [5.74, 6) is -8.76. The van der Waals surface area contributed by atoms with E-state index >= 15 is 8.78 Å². The molecule has 1 saturated carbocycles. The van der Waals surface area contributed by atoms with Crippen LogP contribution in [0.3, 0.4) is 0 Å². The third-order valence-electron chi connectivity index (χ3n) is 9.28. The van der Waals surface area contributed by atoms with E-state index in [0.717, 1.165) is 21.4 Å². The molecular weight excluding hydrogens is 644 g/mol. The van der Waals surface area contributed by atoms with Gasteiger partial charge in [-0.15, -0.1) is 0 Å². The highest BCUT2D eigenvalue weighted by molar-refractivity contribution is 5.80. The van der Waals surface area contributed by atoms with E-state index < -0.39 is 78.8 Å². The number of aromatic nitrogens is 2. The van der Waals surface area contributed by atoms with Gasteiger partial charge >= 0.3 is 0 Å². The molecule has 6 rings (SSSR count). The fourth-order valence-electron chi connectivity index (χ4n) is 6.51. The zero-order chi connectivity index (χ0) is 34.8. The van der Waals surface area contributed by atoms with Gasteiger partial charge in [-0.3, -0.25) is 14.2 Å². The first-order chi connectivity index (χ1) is 23.3. The number of piperidine rings is 1. The van der Waals surface area contributed by atoms with Gasteiger partial charge in [0.1, 0.15) is 30.0 Å². The largest absolute Gasteiger partial charge is 0.489 e. The van der Waals surface area contributed by atoms with Crippen molar-refractivity contribution in [3.8, 4) is 17.4 Å². The number of nitrogen functional groups attached to an aromatic ring is 1. The van der Waals surface area contributed by atoms with Gasteiger partial charge in [0.25, 0.3) is 11.5 Å². The predicted octanol–water partition coefficient (Wildman–Crippen LogP) is 6.01. The number of anilines is 1. The maximum atomic E-state index is 15.7. The number of carbonyl (C=O) groups is 1. The van der Waals surface area contributed by atoms with E-state index in [-0.39, 0.29) is 24.6 Å². The minimum absolute atomic E-state index is 0.155. The number of hydrogen-bond acceptors (Lipinski definition) is 7. The Balaban J connectivity index is 1.13. The van der Waals surface area contributed by atoms with E-state index in [1.165, 1.54) is 0 Å². The van der Waals surface area contributed by atoms with Crippen molar-refractivity contribution in [3.63, 3.8) is 0 Å². The minimum Gasteiger partial charge on any atom is -0.489 e. The second kappa shape index (κ2) is 13.5. The van der Waals surface area contributed by atoms with Crippen LogP contribution in [0.4, 0.5) is 23.2 Å². The average Bonchev–Trinajstić information content (AvgIpc) is 3.09. The summed E-state index contributed by atoms with van der Waals surface area (Å²) >= 11 is 0. The molecule has 0 spiro atoms. The molecule has 2 fully saturated rings. The van der Waals surface area contributed by atoms with Gasteiger partial charge in [-0.2, -0.15) is 0 Å². The average molecular weight is 681 g/mol.